The average Bonchev–Trinajstić information content (AvgIpc) is 2.97. The molecule has 0 saturated carbocycles. The summed E-state index contributed by atoms with van der Waals surface area (Å²) in [6.45, 7) is 3.88. The molecule has 7 nitrogen and oxygen atoms in total. The first kappa shape index (κ1) is 35.5. The topological polar surface area (TPSA) is 91.3 Å². The van der Waals surface area contributed by atoms with Crippen molar-refractivity contribution in [2.24, 2.45) is 0 Å². The molecule has 0 aliphatic heterocycles. The van der Waals surface area contributed by atoms with Crippen LogP contribution in [0.2, 0.25) is 0 Å². The van der Waals surface area contributed by atoms with E-state index in [0.717, 1.165) is 24.3 Å². The van der Waals surface area contributed by atoms with Crippen molar-refractivity contribution in [1.82, 2.24) is 0 Å². The van der Waals surface area contributed by atoms with Crippen LogP contribution >= 0.6 is 0 Å². The van der Waals surface area contributed by atoms with Crippen LogP contribution in [0.3, 0.4) is 0 Å². The fraction of sp³-hybridized carbons (Fsp3) is 0.375. The van der Waals surface area contributed by atoms with E-state index in [4.69, 9.17) is 18.9 Å². The van der Waals surface area contributed by atoms with Crippen LogP contribution in [0.1, 0.15) is 66.9 Å². The predicted molar refractivity (Wildman–Crippen MR) is 148 cm³/mol. The fourth-order valence-electron chi connectivity index (χ4n) is 4.81. The third-order valence-corrected chi connectivity index (χ3v) is 7.34. The fourth-order valence-corrected chi connectivity index (χ4v) is 4.81. The molecule has 3 rings (SSSR count). The van der Waals surface area contributed by atoms with Crippen molar-refractivity contribution in [3.63, 3.8) is 0 Å². The van der Waals surface area contributed by atoms with Gasteiger partial charge in [-0.1, -0.05) is 60.7 Å². The molecule has 0 aliphatic rings. The van der Waals surface area contributed by atoms with Gasteiger partial charge in [-0.15, -0.1) is 0 Å². The number of halogens is 6. The molecule has 3 aromatic carbocycles. The summed E-state index contributed by atoms with van der Waals surface area (Å²) in [6, 6.07) is 16.3. The number of methoxy groups -OCH3 is 2. The molecule has 1 N–H and O–H groups in total. The van der Waals surface area contributed by atoms with Gasteiger partial charge in [0, 0.05) is 25.3 Å². The van der Waals surface area contributed by atoms with Crippen molar-refractivity contribution in [3.8, 4) is 0 Å². The normalized spacial score (nSPS) is 16.9. The van der Waals surface area contributed by atoms with Gasteiger partial charge in [-0.25, -0.2) is 9.59 Å². The largest absolute Gasteiger partial charge is 0.455 e. The number of hydrogen-bond donors (Lipinski definition) is 1. The highest BCUT2D eigenvalue weighted by Gasteiger charge is 2.65. The van der Waals surface area contributed by atoms with E-state index < -0.39 is 64.9 Å². The van der Waals surface area contributed by atoms with E-state index in [2.05, 4.69) is 0 Å². The van der Waals surface area contributed by atoms with Gasteiger partial charge in [-0.2, -0.15) is 26.3 Å². The van der Waals surface area contributed by atoms with Crippen LogP contribution in [0.25, 0.3) is 0 Å². The van der Waals surface area contributed by atoms with E-state index in [1.807, 2.05) is 0 Å². The summed E-state index contributed by atoms with van der Waals surface area (Å²) in [5.74, 6) is -3.56. The number of carbonyl (C=O) groups is 2. The lowest BCUT2D eigenvalue weighted by Crippen LogP contribution is -2.52. The Bertz CT molecular complexity index is 1360. The third kappa shape index (κ3) is 6.85. The van der Waals surface area contributed by atoms with E-state index in [1.165, 1.54) is 75.4 Å². The number of rotatable bonds is 11. The van der Waals surface area contributed by atoms with E-state index >= 15 is 0 Å². The summed E-state index contributed by atoms with van der Waals surface area (Å²) in [5, 5.41) is 10.3. The Kier molecular flexibility index (Phi) is 10.7. The molecule has 5 atom stereocenters. The van der Waals surface area contributed by atoms with Gasteiger partial charge in [-0.05, 0) is 55.7 Å². The zero-order valence-corrected chi connectivity index (χ0v) is 24.9. The van der Waals surface area contributed by atoms with Crippen LogP contribution in [0, 0.1) is 0 Å². The van der Waals surface area contributed by atoms with Crippen LogP contribution in [0.15, 0.2) is 78.9 Å². The second-order valence-electron chi connectivity index (χ2n) is 10.2. The number of aliphatic hydroxyl groups is 1. The molecule has 13 heteroatoms. The Balaban J connectivity index is 2.00. The van der Waals surface area contributed by atoms with Gasteiger partial charge in [0.15, 0.2) is 0 Å². The molecule has 0 amide bonds. The quantitative estimate of drug-likeness (QED) is 0.175. The number of benzene rings is 3. The first-order valence-corrected chi connectivity index (χ1v) is 13.6. The van der Waals surface area contributed by atoms with Crippen LogP contribution < -0.4 is 0 Å². The summed E-state index contributed by atoms with van der Waals surface area (Å²) >= 11 is 0. The molecule has 0 saturated heterocycles. The van der Waals surface area contributed by atoms with Crippen molar-refractivity contribution >= 4 is 11.9 Å². The average molecular weight is 643 g/mol. The summed E-state index contributed by atoms with van der Waals surface area (Å²) < 4.78 is 106. The highest BCUT2D eigenvalue weighted by Crippen LogP contribution is 2.45. The van der Waals surface area contributed by atoms with Crippen molar-refractivity contribution in [3.05, 3.63) is 107 Å². The maximum Gasteiger partial charge on any atom is 0.432 e. The molecule has 3 aromatic rings. The Morgan fingerprint density at radius 2 is 0.911 bits per heavy atom. The standard InChI is InChI=1S/C32H32F6O7/c1-19(39)22-16-23(20(2)44-27(40)29(42-4,31(33,34)35)25-12-8-6-9-13-25)18-24(17-22)21(3)45-28(41)30(43-5,32(36,37)38)26-14-10-7-11-15-26/h6-21,39H,1-5H3/t19-,20-,21-,29?,30?/m0/s1. The van der Waals surface area contributed by atoms with Crippen molar-refractivity contribution in [2.75, 3.05) is 14.2 Å². The Labute approximate surface area is 255 Å². The lowest BCUT2D eigenvalue weighted by Gasteiger charge is -2.34. The minimum Gasteiger partial charge on any atom is -0.455 e. The number of alkyl halides is 6. The van der Waals surface area contributed by atoms with Crippen molar-refractivity contribution in [2.45, 2.75) is 62.6 Å². The van der Waals surface area contributed by atoms with Crippen LogP contribution in [0.4, 0.5) is 26.3 Å². The molecule has 0 heterocycles. The predicted octanol–water partition coefficient (Wildman–Crippen LogP) is 7.16. The van der Waals surface area contributed by atoms with Gasteiger partial charge >= 0.3 is 24.3 Å². The van der Waals surface area contributed by atoms with Crippen molar-refractivity contribution < 1.29 is 60.0 Å². The lowest BCUT2D eigenvalue weighted by atomic mass is 9.92. The molecular formula is C32H32F6O7. The van der Waals surface area contributed by atoms with E-state index in [1.54, 1.807) is 0 Å². The van der Waals surface area contributed by atoms with E-state index in [0.29, 0.717) is 14.2 Å². The highest BCUT2D eigenvalue weighted by atomic mass is 19.4. The lowest BCUT2D eigenvalue weighted by molar-refractivity contribution is -0.279. The Morgan fingerprint density at radius 3 is 1.18 bits per heavy atom. The van der Waals surface area contributed by atoms with E-state index in [9.17, 15) is 41.0 Å². The molecule has 2 unspecified atom stereocenters. The van der Waals surface area contributed by atoms with Gasteiger partial charge in [0.1, 0.15) is 12.2 Å². The zero-order chi connectivity index (χ0) is 33.8. The van der Waals surface area contributed by atoms with Gasteiger partial charge in [0.05, 0.1) is 6.10 Å². The first-order valence-electron chi connectivity index (χ1n) is 13.6. The minimum atomic E-state index is -5.24. The smallest absolute Gasteiger partial charge is 0.432 e. The third-order valence-electron chi connectivity index (χ3n) is 7.34. The van der Waals surface area contributed by atoms with Gasteiger partial charge in [0.25, 0.3) is 11.2 Å². The molecule has 45 heavy (non-hydrogen) atoms. The number of esters is 2. The molecule has 0 aromatic heterocycles. The molecule has 0 spiro atoms. The van der Waals surface area contributed by atoms with Crippen LogP contribution in [-0.4, -0.2) is 43.6 Å². The minimum absolute atomic E-state index is 0.0526. The number of hydrogen-bond acceptors (Lipinski definition) is 7. The first-order chi connectivity index (χ1) is 21.0. The van der Waals surface area contributed by atoms with Crippen LogP contribution in [-0.2, 0) is 39.7 Å². The van der Waals surface area contributed by atoms with Crippen molar-refractivity contribution in [1.29, 1.82) is 0 Å². The second kappa shape index (κ2) is 13.6. The zero-order valence-electron chi connectivity index (χ0n) is 24.9. The summed E-state index contributed by atoms with van der Waals surface area (Å²) in [6.07, 6.45) is -14.4. The Morgan fingerprint density at radius 1 is 0.600 bits per heavy atom. The number of carbonyl (C=O) groups excluding carboxylic acids is 2. The monoisotopic (exact) mass is 642 g/mol. The highest BCUT2D eigenvalue weighted by molar-refractivity contribution is 5.83. The summed E-state index contributed by atoms with van der Waals surface area (Å²) in [4.78, 5) is 26.4. The second-order valence-corrected chi connectivity index (χ2v) is 10.2. The molecule has 0 radical (unpaired) electrons. The Hall–Kier alpha value is -3.94. The molecule has 0 aliphatic carbocycles. The van der Waals surface area contributed by atoms with E-state index in [-0.39, 0.29) is 16.7 Å². The van der Waals surface area contributed by atoms with Gasteiger partial charge < -0.3 is 24.1 Å². The molecule has 244 valence electrons. The number of aliphatic hydroxyl groups excluding tert-OH is 1. The maximum absolute atomic E-state index is 14.4. The maximum atomic E-state index is 14.4. The molecule has 0 bridgehead atoms. The summed E-state index contributed by atoms with van der Waals surface area (Å²) in [7, 11) is 1.43. The van der Waals surface area contributed by atoms with Gasteiger partial charge in [-0.3, -0.25) is 0 Å². The van der Waals surface area contributed by atoms with Crippen LogP contribution in [0.5, 0.6) is 0 Å². The SMILES string of the molecule is COC(C(=O)O[C@@H](C)c1cc([C@H](C)O)cc([C@H](C)OC(=O)C(OC)(c2ccccc2)C(F)(F)F)c1)(c1ccccc1)C(F)(F)F. The summed E-state index contributed by atoms with van der Waals surface area (Å²) in [5.41, 5.74) is -7.75. The molecule has 0 fully saturated rings. The van der Waals surface area contributed by atoms with Gasteiger partial charge in [0.2, 0.25) is 0 Å². The molecular weight excluding hydrogens is 610 g/mol. The number of ether oxygens (including phenoxy) is 4.